The molecule has 0 radical (unpaired) electrons. The molecule has 5 heteroatoms. The zero-order valence-corrected chi connectivity index (χ0v) is 16.0. The Morgan fingerprint density at radius 3 is 2.62 bits per heavy atom. The smallest absolute Gasteiger partial charge is 0.251 e. The first kappa shape index (κ1) is 19.6. The predicted molar refractivity (Wildman–Crippen MR) is 105 cm³/mol. The quantitative estimate of drug-likeness (QED) is 0.710. The molecule has 5 nitrogen and oxygen atoms in total. The summed E-state index contributed by atoms with van der Waals surface area (Å²) in [4.78, 5) is 12.2. The lowest BCUT2D eigenvalue weighted by Gasteiger charge is -2.15. The molecular weight excluding hydrogens is 328 g/mol. The molecule has 2 N–H and O–H groups in total. The van der Waals surface area contributed by atoms with Gasteiger partial charge in [-0.1, -0.05) is 32.0 Å². The van der Waals surface area contributed by atoms with E-state index in [0.717, 1.165) is 17.0 Å². The number of para-hydroxylation sites is 1. The molecule has 26 heavy (non-hydrogen) atoms. The predicted octanol–water partition coefficient (Wildman–Crippen LogP) is 4.09. The zero-order valence-electron chi connectivity index (χ0n) is 16.0. The van der Waals surface area contributed by atoms with Crippen LogP contribution in [0, 0.1) is 5.92 Å². The standard InChI is InChI=1S/C21H28N2O3/c1-5-26-20-17(9-7-11-19(20)25-4)14-22-18-10-6-8-16(12-18)21(24)23-13-15(2)3/h6-12,15,22H,5,13-14H2,1-4H3,(H,23,24). The SMILES string of the molecule is CCOc1c(CNc2cccc(C(=O)NCC(C)C)c2)cccc1OC. The number of hydrogen-bond acceptors (Lipinski definition) is 4. The summed E-state index contributed by atoms with van der Waals surface area (Å²) in [7, 11) is 1.63. The van der Waals surface area contributed by atoms with Gasteiger partial charge in [0.2, 0.25) is 0 Å². The molecule has 0 bridgehead atoms. The third-order valence-electron chi connectivity index (χ3n) is 3.85. The first-order valence-electron chi connectivity index (χ1n) is 8.96. The van der Waals surface area contributed by atoms with E-state index in [1.165, 1.54) is 0 Å². The van der Waals surface area contributed by atoms with E-state index in [1.54, 1.807) is 7.11 Å². The first-order chi connectivity index (χ1) is 12.5. The minimum absolute atomic E-state index is 0.0567. The Morgan fingerprint density at radius 1 is 1.15 bits per heavy atom. The Bertz CT molecular complexity index is 729. The molecule has 2 rings (SSSR count). The maximum atomic E-state index is 12.2. The molecule has 0 saturated carbocycles. The van der Waals surface area contributed by atoms with Gasteiger partial charge in [0, 0.05) is 29.9 Å². The number of amides is 1. The van der Waals surface area contributed by atoms with Crippen LogP contribution in [0.2, 0.25) is 0 Å². The first-order valence-corrected chi connectivity index (χ1v) is 8.96. The lowest BCUT2D eigenvalue weighted by Crippen LogP contribution is -2.27. The van der Waals surface area contributed by atoms with E-state index < -0.39 is 0 Å². The van der Waals surface area contributed by atoms with E-state index in [-0.39, 0.29) is 5.91 Å². The minimum atomic E-state index is -0.0567. The van der Waals surface area contributed by atoms with E-state index in [0.29, 0.717) is 36.9 Å². The molecule has 0 heterocycles. The lowest BCUT2D eigenvalue weighted by atomic mass is 10.1. The van der Waals surface area contributed by atoms with Crippen molar-refractivity contribution in [2.75, 3.05) is 25.6 Å². The van der Waals surface area contributed by atoms with Crippen molar-refractivity contribution in [1.29, 1.82) is 0 Å². The van der Waals surface area contributed by atoms with E-state index >= 15 is 0 Å². The van der Waals surface area contributed by atoms with Crippen molar-refractivity contribution in [3.63, 3.8) is 0 Å². The van der Waals surface area contributed by atoms with Crippen LogP contribution in [0.25, 0.3) is 0 Å². The highest BCUT2D eigenvalue weighted by atomic mass is 16.5. The average Bonchev–Trinajstić information content (AvgIpc) is 2.65. The van der Waals surface area contributed by atoms with Crippen LogP contribution >= 0.6 is 0 Å². The number of carbonyl (C=O) groups excluding carboxylic acids is 1. The molecule has 0 atom stereocenters. The summed E-state index contributed by atoms with van der Waals surface area (Å²) in [6.45, 7) is 7.90. The highest BCUT2D eigenvalue weighted by Gasteiger charge is 2.11. The van der Waals surface area contributed by atoms with Gasteiger partial charge in [-0.15, -0.1) is 0 Å². The van der Waals surface area contributed by atoms with Crippen LogP contribution < -0.4 is 20.1 Å². The van der Waals surface area contributed by atoms with Crippen molar-refractivity contribution in [2.45, 2.75) is 27.3 Å². The summed E-state index contributed by atoms with van der Waals surface area (Å²) in [5, 5.41) is 6.29. The molecule has 140 valence electrons. The normalized spacial score (nSPS) is 10.5. The van der Waals surface area contributed by atoms with Crippen LogP contribution in [0.5, 0.6) is 11.5 Å². The van der Waals surface area contributed by atoms with Gasteiger partial charge in [0.15, 0.2) is 11.5 Å². The summed E-state index contributed by atoms with van der Waals surface area (Å²) in [6, 6.07) is 13.3. The summed E-state index contributed by atoms with van der Waals surface area (Å²) < 4.78 is 11.1. The van der Waals surface area contributed by atoms with Gasteiger partial charge in [-0.25, -0.2) is 0 Å². The molecule has 0 fully saturated rings. The summed E-state index contributed by atoms with van der Waals surface area (Å²) in [6.07, 6.45) is 0. The summed E-state index contributed by atoms with van der Waals surface area (Å²) in [5.41, 5.74) is 2.53. The maximum absolute atomic E-state index is 12.2. The van der Waals surface area contributed by atoms with Crippen molar-refractivity contribution < 1.29 is 14.3 Å². The van der Waals surface area contributed by atoms with Crippen molar-refractivity contribution in [3.05, 3.63) is 53.6 Å². The van der Waals surface area contributed by atoms with Gasteiger partial charge in [0.1, 0.15) is 0 Å². The Kier molecular flexibility index (Phi) is 7.33. The fourth-order valence-corrected chi connectivity index (χ4v) is 2.54. The highest BCUT2D eigenvalue weighted by Crippen LogP contribution is 2.31. The van der Waals surface area contributed by atoms with Gasteiger partial charge in [-0.2, -0.15) is 0 Å². The number of hydrogen-bond donors (Lipinski definition) is 2. The van der Waals surface area contributed by atoms with Crippen molar-refractivity contribution in [2.24, 2.45) is 5.92 Å². The average molecular weight is 356 g/mol. The van der Waals surface area contributed by atoms with E-state index in [9.17, 15) is 4.79 Å². The monoisotopic (exact) mass is 356 g/mol. The second kappa shape index (κ2) is 9.70. The fraction of sp³-hybridized carbons (Fsp3) is 0.381. The number of anilines is 1. The third kappa shape index (κ3) is 5.41. The van der Waals surface area contributed by atoms with Gasteiger partial charge >= 0.3 is 0 Å². The van der Waals surface area contributed by atoms with Gasteiger partial charge in [-0.05, 0) is 37.1 Å². The summed E-state index contributed by atoms with van der Waals surface area (Å²) >= 11 is 0. The number of benzene rings is 2. The molecular formula is C21H28N2O3. The van der Waals surface area contributed by atoms with Gasteiger partial charge < -0.3 is 20.1 Å². The number of carbonyl (C=O) groups is 1. The van der Waals surface area contributed by atoms with E-state index in [2.05, 4.69) is 24.5 Å². The van der Waals surface area contributed by atoms with Gasteiger partial charge in [-0.3, -0.25) is 4.79 Å². The van der Waals surface area contributed by atoms with Crippen LogP contribution in [-0.2, 0) is 6.54 Å². The Labute approximate surface area is 155 Å². The van der Waals surface area contributed by atoms with Gasteiger partial charge in [0.05, 0.1) is 13.7 Å². The fourth-order valence-electron chi connectivity index (χ4n) is 2.54. The van der Waals surface area contributed by atoms with Crippen molar-refractivity contribution in [1.82, 2.24) is 5.32 Å². The molecule has 0 spiro atoms. The van der Waals surface area contributed by atoms with E-state index in [1.807, 2.05) is 49.4 Å². The third-order valence-corrected chi connectivity index (χ3v) is 3.85. The zero-order chi connectivity index (χ0) is 18.9. The van der Waals surface area contributed by atoms with E-state index in [4.69, 9.17) is 9.47 Å². The number of nitrogens with one attached hydrogen (secondary N) is 2. The molecule has 1 amide bonds. The highest BCUT2D eigenvalue weighted by molar-refractivity contribution is 5.95. The Morgan fingerprint density at radius 2 is 1.92 bits per heavy atom. The molecule has 0 aromatic heterocycles. The topological polar surface area (TPSA) is 59.6 Å². The van der Waals surface area contributed by atoms with Crippen LogP contribution in [-0.4, -0.2) is 26.2 Å². The molecule has 0 unspecified atom stereocenters. The summed E-state index contributed by atoms with van der Waals surface area (Å²) in [5.74, 6) is 1.83. The van der Waals surface area contributed by atoms with Crippen molar-refractivity contribution in [3.8, 4) is 11.5 Å². The molecule has 2 aromatic rings. The van der Waals surface area contributed by atoms with Crippen LogP contribution in [0.4, 0.5) is 5.69 Å². The molecule has 2 aromatic carbocycles. The second-order valence-electron chi connectivity index (χ2n) is 6.42. The van der Waals surface area contributed by atoms with Crippen LogP contribution in [0.15, 0.2) is 42.5 Å². The molecule has 0 aliphatic heterocycles. The largest absolute Gasteiger partial charge is 0.493 e. The maximum Gasteiger partial charge on any atom is 0.251 e. The lowest BCUT2D eigenvalue weighted by molar-refractivity contribution is 0.0949. The Hall–Kier alpha value is -2.69. The Balaban J connectivity index is 2.08. The number of ether oxygens (including phenoxy) is 2. The van der Waals surface area contributed by atoms with Crippen LogP contribution in [0.3, 0.4) is 0 Å². The second-order valence-corrected chi connectivity index (χ2v) is 6.42. The van der Waals surface area contributed by atoms with Gasteiger partial charge in [0.25, 0.3) is 5.91 Å². The molecule has 0 aliphatic carbocycles. The molecule has 0 aliphatic rings. The number of methoxy groups -OCH3 is 1. The number of rotatable bonds is 9. The van der Waals surface area contributed by atoms with Crippen LogP contribution in [0.1, 0.15) is 36.7 Å². The minimum Gasteiger partial charge on any atom is -0.493 e. The molecule has 0 saturated heterocycles. The van der Waals surface area contributed by atoms with Crippen molar-refractivity contribution >= 4 is 11.6 Å².